The maximum atomic E-state index is 10.2. The van der Waals surface area contributed by atoms with E-state index in [0.717, 1.165) is 0 Å². The SMILES string of the molecule is NC(=O)[CH]c1nccs1. The monoisotopic (exact) mass is 141 g/mol. The van der Waals surface area contributed by atoms with E-state index in [9.17, 15) is 4.79 Å². The Bertz CT molecular complexity index is 195. The summed E-state index contributed by atoms with van der Waals surface area (Å²) in [6.45, 7) is 0. The minimum absolute atomic E-state index is 0.454. The fourth-order valence-corrected chi connectivity index (χ4v) is 0.995. The largest absolute Gasteiger partial charge is 0.369 e. The molecule has 0 saturated carbocycles. The Kier molecular flexibility index (Phi) is 1.79. The molecule has 1 heterocycles. The van der Waals surface area contributed by atoms with Gasteiger partial charge >= 0.3 is 0 Å². The number of nitrogens with zero attached hydrogens (tertiary/aromatic N) is 1. The predicted octanol–water partition coefficient (Wildman–Crippen LogP) is 0.181. The summed E-state index contributed by atoms with van der Waals surface area (Å²) >= 11 is 1.38. The smallest absolute Gasteiger partial charge is 0.228 e. The van der Waals surface area contributed by atoms with Crippen LogP contribution in [0.15, 0.2) is 11.6 Å². The third-order valence-electron chi connectivity index (χ3n) is 0.717. The number of thiazole rings is 1. The van der Waals surface area contributed by atoms with Crippen molar-refractivity contribution in [1.82, 2.24) is 4.98 Å². The molecular weight excluding hydrogens is 136 g/mol. The van der Waals surface area contributed by atoms with E-state index in [-0.39, 0.29) is 0 Å². The van der Waals surface area contributed by atoms with Crippen LogP contribution in [0.2, 0.25) is 0 Å². The van der Waals surface area contributed by atoms with Crippen LogP contribution in [0.25, 0.3) is 0 Å². The summed E-state index contributed by atoms with van der Waals surface area (Å²) in [7, 11) is 0. The van der Waals surface area contributed by atoms with Crippen LogP contribution in [0.5, 0.6) is 0 Å². The molecule has 1 aromatic rings. The second-order valence-corrected chi connectivity index (χ2v) is 2.34. The van der Waals surface area contributed by atoms with Gasteiger partial charge in [0.15, 0.2) is 0 Å². The van der Waals surface area contributed by atoms with Crippen molar-refractivity contribution in [2.45, 2.75) is 0 Å². The maximum absolute atomic E-state index is 10.2. The molecule has 0 saturated heterocycles. The number of hydrogen-bond acceptors (Lipinski definition) is 3. The van der Waals surface area contributed by atoms with Crippen molar-refractivity contribution in [2.75, 3.05) is 0 Å². The maximum Gasteiger partial charge on any atom is 0.228 e. The van der Waals surface area contributed by atoms with Gasteiger partial charge in [-0.3, -0.25) is 4.79 Å². The Morgan fingerprint density at radius 2 is 2.67 bits per heavy atom. The average molecular weight is 141 g/mol. The lowest BCUT2D eigenvalue weighted by Gasteiger charge is -1.84. The van der Waals surface area contributed by atoms with Crippen molar-refractivity contribution in [3.05, 3.63) is 23.0 Å². The lowest BCUT2D eigenvalue weighted by Crippen LogP contribution is -2.10. The summed E-state index contributed by atoms with van der Waals surface area (Å²) in [5.74, 6) is -0.454. The summed E-state index contributed by atoms with van der Waals surface area (Å²) in [4.78, 5) is 14.0. The molecule has 0 aliphatic rings. The van der Waals surface area contributed by atoms with E-state index in [1.54, 1.807) is 11.6 Å². The van der Waals surface area contributed by atoms with Crippen molar-refractivity contribution in [2.24, 2.45) is 5.73 Å². The average Bonchev–Trinajstić information content (AvgIpc) is 2.15. The number of aromatic nitrogens is 1. The highest BCUT2D eigenvalue weighted by atomic mass is 32.1. The van der Waals surface area contributed by atoms with E-state index < -0.39 is 5.91 Å². The highest BCUT2D eigenvalue weighted by molar-refractivity contribution is 7.09. The lowest BCUT2D eigenvalue weighted by molar-refractivity contribution is -0.114. The standard InChI is InChI=1S/C5H5N2OS/c6-4(8)3-5-7-1-2-9-5/h1-3H,(H2,6,8). The van der Waals surface area contributed by atoms with Crippen molar-refractivity contribution in [3.8, 4) is 0 Å². The Morgan fingerprint density at radius 1 is 1.89 bits per heavy atom. The Balaban J connectivity index is 2.58. The van der Waals surface area contributed by atoms with E-state index >= 15 is 0 Å². The van der Waals surface area contributed by atoms with Crippen LogP contribution in [0.1, 0.15) is 5.01 Å². The molecule has 1 rings (SSSR count). The van der Waals surface area contributed by atoms with Gasteiger partial charge in [-0.2, -0.15) is 0 Å². The molecule has 0 bridgehead atoms. The van der Waals surface area contributed by atoms with Crippen molar-refractivity contribution >= 4 is 17.2 Å². The molecule has 47 valence electrons. The zero-order chi connectivity index (χ0) is 6.69. The van der Waals surface area contributed by atoms with Crippen molar-refractivity contribution in [1.29, 1.82) is 0 Å². The van der Waals surface area contributed by atoms with Gasteiger partial charge in [0.1, 0.15) is 11.4 Å². The van der Waals surface area contributed by atoms with Crippen molar-refractivity contribution in [3.63, 3.8) is 0 Å². The highest BCUT2D eigenvalue weighted by Gasteiger charge is 1.99. The minimum atomic E-state index is -0.454. The van der Waals surface area contributed by atoms with Gasteiger partial charge in [-0.05, 0) is 0 Å². The van der Waals surface area contributed by atoms with Gasteiger partial charge < -0.3 is 5.73 Å². The van der Waals surface area contributed by atoms with Crippen molar-refractivity contribution < 1.29 is 4.79 Å². The van der Waals surface area contributed by atoms with Crippen LogP contribution in [0, 0.1) is 6.42 Å². The van der Waals surface area contributed by atoms with Gasteiger partial charge in [0.05, 0.1) is 0 Å². The van der Waals surface area contributed by atoms with E-state index in [1.165, 1.54) is 17.8 Å². The molecule has 0 atom stereocenters. The molecule has 0 aliphatic heterocycles. The van der Waals surface area contributed by atoms with Crippen LogP contribution < -0.4 is 5.73 Å². The number of amides is 1. The first-order chi connectivity index (χ1) is 4.29. The Labute approximate surface area is 56.5 Å². The molecule has 3 nitrogen and oxygen atoms in total. The van der Waals surface area contributed by atoms with Crippen LogP contribution in [-0.2, 0) is 4.79 Å². The van der Waals surface area contributed by atoms with Gasteiger partial charge in [0, 0.05) is 11.6 Å². The van der Waals surface area contributed by atoms with Crippen LogP contribution in [0.4, 0.5) is 0 Å². The molecule has 1 amide bonds. The molecule has 9 heavy (non-hydrogen) atoms. The van der Waals surface area contributed by atoms with E-state index in [1.807, 2.05) is 0 Å². The number of nitrogens with two attached hydrogens (primary N) is 1. The Hall–Kier alpha value is -0.900. The minimum Gasteiger partial charge on any atom is -0.369 e. The van der Waals surface area contributed by atoms with E-state index in [4.69, 9.17) is 5.73 Å². The van der Waals surface area contributed by atoms with Crippen LogP contribution in [-0.4, -0.2) is 10.9 Å². The summed E-state index contributed by atoms with van der Waals surface area (Å²) in [6.07, 6.45) is 2.92. The first-order valence-electron chi connectivity index (χ1n) is 2.33. The van der Waals surface area contributed by atoms with Gasteiger partial charge in [-0.25, -0.2) is 4.98 Å². The third-order valence-corrected chi connectivity index (χ3v) is 1.44. The molecule has 0 aromatic carbocycles. The number of rotatable bonds is 2. The van der Waals surface area contributed by atoms with Crippen LogP contribution >= 0.6 is 11.3 Å². The molecule has 1 aromatic heterocycles. The summed E-state index contributed by atoms with van der Waals surface area (Å²) in [5, 5.41) is 2.44. The number of carbonyl (C=O) groups is 1. The zero-order valence-corrected chi connectivity index (χ0v) is 5.39. The Morgan fingerprint density at radius 3 is 3.11 bits per heavy atom. The first-order valence-corrected chi connectivity index (χ1v) is 3.20. The number of primary amides is 1. The summed E-state index contributed by atoms with van der Waals surface area (Å²) in [6, 6.07) is 0. The second-order valence-electron chi connectivity index (χ2n) is 1.42. The van der Waals surface area contributed by atoms with E-state index in [2.05, 4.69) is 4.98 Å². The quantitative estimate of drug-likeness (QED) is 0.638. The highest BCUT2D eigenvalue weighted by Crippen LogP contribution is 2.04. The molecule has 2 N–H and O–H groups in total. The molecule has 1 radical (unpaired) electrons. The molecule has 0 unspecified atom stereocenters. The second kappa shape index (κ2) is 2.59. The topological polar surface area (TPSA) is 56.0 Å². The first kappa shape index (κ1) is 6.22. The van der Waals surface area contributed by atoms with Gasteiger partial charge in [-0.15, -0.1) is 11.3 Å². The predicted molar refractivity (Wildman–Crippen MR) is 34.7 cm³/mol. The fraction of sp³-hybridized carbons (Fsp3) is 0. The fourth-order valence-electron chi connectivity index (χ4n) is 0.427. The summed E-state index contributed by atoms with van der Waals surface area (Å²) in [5.41, 5.74) is 4.86. The van der Waals surface area contributed by atoms with E-state index in [0.29, 0.717) is 5.01 Å². The summed E-state index contributed by atoms with van der Waals surface area (Å²) < 4.78 is 0. The van der Waals surface area contributed by atoms with Gasteiger partial charge in [0.2, 0.25) is 5.91 Å². The van der Waals surface area contributed by atoms with Gasteiger partial charge in [-0.1, -0.05) is 0 Å². The number of carbonyl (C=O) groups excluding carboxylic acids is 1. The molecule has 0 aliphatic carbocycles. The third kappa shape index (κ3) is 1.81. The van der Waals surface area contributed by atoms with Crippen LogP contribution in [0.3, 0.4) is 0 Å². The van der Waals surface area contributed by atoms with Gasteiger partial charge in [0.25, 0.3) is 0 Å². The molecular formula is C5H5N2OS. The zero-order valence-electron chi connectivity index (χ0n) is 4.57. The number of hydrogen-bond donors (Lipinski definition) is 1. The molecule has 4 heteroatoms. The lowest BCUT2D eigenvalue weighted by atomic mass is 10.4. The molecule has 0 fully saturated rings. The normalized spacial score (nSPS) is 9.33. The molecule has 0 spiro atoms.